The van der Waals surface area contributed by atoms with Crippen molar-refractivity contribution < 1.29 is 4.74 Å². The standard InChI is InChI=1S/C10H12ClNO/c1-3-13-7(2)9-6-8(11)4-5-10(9)12/h4-6H,2-3,12H2,1H3. The van der Waals surface area contributed by atoms with Crippen LogP contribution < -0.4 is 5.73 Å². The third-order valence-corrected chi connectivity index (χ3v) is 1.87. The van der Waals surface area contributed by atoms with Crippen LogP contribution in [0.2, 0.25) is 5.02 Å². The molecule has 0 unspecified atom stereocenters. The molecule has 1 aromatic carbocycles. The van der Waals surface area contributed by atoms with Crippen LogP contribution in [-0.4, -0.2) is 6.61 Å². The van der Waals surface area contributed by atoms with E-state index in [0.717, 1.165) is 5.56 Å². The third kappa shape index (κ3) is 2.39. The molecule has 3 heteroatoms. The maximum Gasteiger partial charge on any atom is 0.121 e. The molecule has 1 rings (SSSR count). The third-order valence-electron chi connectivity index (χ3n) is 1.63. The van der Waals surface area contributed by atoms with Gasteiger partial charge in [-0.15, -0.1) is 0 Å². The van der Waals surface area contributed by atoms with E-state index in [1.807, 2.05) is 6.92 Å². The zero-order valence-corrected chi connectivity index (χ0v) is 8.27. The number of ether oxygens (including phenoxy) is 1. The van der Waals surface area contributed by atoms with Gasteiger partial charge in [0.1, 0.15) is 5.76 Å². The molecule has 0 aliphatic heterocycles. The highest BCUT2D eigenvalue weighted by Gasteiger charge is 2.04. The predicted octanol–water partition coefficient (Wildman–Crippen LogP) is 2.93. The Bertz CT molecular complexity index is 323. The molecule has 0 saturated carbocycles. The number of rotatable bonds is 3. The van der Waals surface area contributed by atoms with Crippen molar-refractivity contribution in [2.24, 2.45) is 0 Å². The number of halogens is 1. The minimum absolute atomic E-state index is 0.558. The van der Waals surface area contributed by atoms with Crippen LogP contribution in [0.3, 0.4) is 0 Å². The molecule has 0 atom stereocenters. The van der Waals surface area contributed by atoms with E-state index in [1.54, 1.807) is 18.2 Å². The smallest absolute Gasteiger partial charge is 0.121 e. The Kier molecular flexibility index (Phi) is 3.20. The molecule has 70 valence electrons. The van der Waals surface area contributed by atoms with Crippen molar-refractivity contribution in [1.82, 2.24) is 0 Å². The second kappa shape index (κ2) is 4.19. The number of nitrogen functional groups attached to an aromatic ring is 1. The van der Waals surface area contributed by atoms with Crippen LogP contribution in [0.15, 0.2) is 24.8 Å². The lowest BCUT2D eigenvalue weighted by Crippen LogP contribution is -1.96. The molecule has 0 radical (unpaired) electrons. The molecule has 0 amide bonds. The molecule has 0 bridgehead atoms. The summed E-state index contributed by atoms with van der Waals surface area (Å²) in [6, 6.07) is 5.22. The van der Waals surface area contributed by atoms with E-state index >= 15 is 0 Å². The first-order chi connectivity index (χ1) is 6.15. The van der Waals surface area contributed by atoms with Gasteiger partial charge < -0.3 is 10.5 Å². The molecule has 0 heterocycles. The monoisotopic (exact) mass is 197 g/mol. The number of hydrogen-bond acceptors (Lipinski definition) is 2. The maximum absolute atomic E-state index is 5.81. The molecule has 13 heavy (non-hydrogen) atoms. The summed E-state index contributed by atoms with van der Waals surface area (Å²) in [5.74, 6) is 0.558. The molecule has 0 aromatic heterocycles. The van der Waals surface area contributed by atoms with Crippen molar-refractivity contribution in [2.75, 3.05) is 12.3 Å². The molecule has 0 aliphatic carbocycles. The minimum Gasteiger partial charge on any atom is -0.494 e. The van der Waals surface area contributed by atoms with Crippen molar-refractivity contribution in [3.05, 3.63) is 35.4 Å². The van der Waals surface area contributed by atoms with Gasteiger partial charge in [-0.2, -0.15) is 0 Å². The highest BCUT2D eigenvalue weighted by atomic mass is 35.5. The lowest BCUT2D eigenvalue weighted by molar-refractivity contribution is 0.299. The predicted molar refractivity (Wildman–Crippen MR) is 56.5 cm³/mol. The largest absolute Gasteiger partial charge is 0.494 e. The maximum atomic E-state index is 5.81. The second-order valence-corrected chi connectivity index (χ2v) is 3.02. The van der Waals surface area contributed by atoms with Crippen LogP contribution in [0.4, 0.5) is 5.69 Å². The average Bonchev–Trinajstić information content (AvgIpc) is 2.09. The lowest BCUT2D eigenvalue weighted by Gasteiger charge is -2.09. The Balaban J connectivity index is 2.99. The summed E-state index contributed by atoms with van der Waals surface area (Å²) in [6.45, 7) is 6.22. The van der Waals surface area contributed by atoms with E-state index < -0.39 is 0 Å². The molecule has 2 N–H and O–H groups in total. The van der Waals surface area contributed by atoms with Crippen molar-refractivity contribution in [3.63, 3.8) is 0 Å². The van der Waals surface area contributed by atoms with Crippen LogP contribution in [0.5, 0.6) is 0 Å². The summed E-state index contributed by atoms with van der Waals surface area (Å²) < 4.78 is 5.23. The summed E-state index contributed by atoms with van der Waals surface area (Å²) in [4.78, 5) is 0. The number of benzene rings is 1. The van der Waals surface area contributed by atoms with Crippen molar-refractivity contribution >= 4 is 23.0 Å². The molecule has 2 nitrogen and oxygen atoms in total. The van der Waals surface area contributed by atoms with Crippen LogP contribution in [-0.2, 0) is 4.74 Å². The van der Waals surface area contributed by atoms with Gasteiger partial charge in [0.2, 0.25) is 0 Å². The van der Waals surface area contributed by atoms with Gasteiger partial charge in [-0.3, -0.25) is 0 Å². The van der Waals surface area contributed by atoms with Gasteiger partial charge in [-0.25, -0.2) is 0 Å². The van der Waals surface area contributed by atoms with Gasteiger partial charge in [0.15, 0.2) is 0 Å². The van der Waals surface area contributed by atoms with E-state index in [-0.39, 0.29) is 0 Å². The van der Waals surface area contributed by atoms with Gasteiger partial charge in [0.05, 0.1) is 6.61 Å². The van der Waals surface area contributed by atoms with Gasteiger partial charge in [-0.1, -0.05) is 18.2 Å². The van der Waals surface area contributed by atoms with Crippen molar-refractivity contribution in [2.45, 2.75) is 6.92 Å². The first kappa shape index (κ1) is 9.93. The molecule has 0 fully saturated rings. The lowest BCUT2D eigenvalue weighted by atomic mass is 10.1. The quantitative estimate of drug-likeness (QED) is 0.598. The van der Waals surface area contributed by atoms with E-state index in [2.05, 4.69) is 6.58 Å². The fourth-order valence-electron chi connectivity index (χ4n) is 1.02. The fourth-order valence-corrected chi connectivity index (χ4v) is 1.19. The Labute approximate surface area is 83.0 Å². The van der Waals surface area contributed by atoms with Crippen LogP contribution in [0.25, 0.3) is 5.76 Å². The van der Waals surface area contributed by atoms with Gasteiger partial charge in [0.25, 0.3) is 0 Å². The molecular weight excluding hydrogens is 186 g/mol. The Morgan fingerprint density at radius 2 is 2.31 bits per heavy atom. The van der Waals surface area contributed by atoms with Crippen LogP contribution in [0.1, 0.15) is 12.5 Å². The zero-order chi connectivity index (χ0) is 9.84. The van der Waals surface area contributed by atoms with Crippen molar-refractivity contribution in [3.8, 4) is 0 Å². The second-order valence-electron chi connectivity index (χ2n) is 2.59. The van der Waals surface area contributed by atoms with Crippen molar-refractivity contribution in [1.29, 1.82) is 0 Å². The van der Waals surface area contributed by atoms with E-state index in [0.29, 0.717) is 23.1 Å². The highest BCUT2D eigenvalue weighted by molar-refractivity contribution is 6.30. The van der Waals surface area contributed by atoms with Crippen LogP contribution >= 0.6 is 11.6 Å². The Morgan fingerprint density at radius 3 is 2.92 bits per heavy atom. The molecule has 0 spiro atoms. The summed E-state index contributed by atoms with van der Waals surface area (Å²) in [5.41, 5.74) is 7.11. The number of hydrogen-bond donors (Lipinski definition) is 1. The summed E-state index contributed by atoms with van der Waals surface area (Å²) in [5, 5.41) is 0.630. The molecular formula is C10H12ClNO. The zero-order valence-electron chi connectivity index (χ0n) is 7.51. The molecule has 0 aliphatic rings. The van der Waals surface area contributed by atoms with E-state index in [1.165, 1.54) is 0 Å². The highest BCUT2D eigenvalue weighted by Crippen LogP contribution is 2.24. The Hall–Kier alpha value is -1.15. The molecule has 0 saturated heterocycles. The van der Waals surface area contributed by atoms with Crippen LogP contribution in [0, 0.1) is 0 Å². The SMILES string of the molecule is C=C(OCC)c1cc(Cl)ccc1N. The van der Waals surface area contributed by atoms with E-state index in [9.17, 15) is 0 Å². The topological polar surface area (TPSA) is 35.2 Å². The minimum atomic E-state index is 0.558. The number of nitrogens with two attached hydrogens (primary N) is 1. The van der Waals surface area contributed by atoms with E-state index in [4.69, 9.17) is 22.1 Å². The van der Waals surface area contributed by atoms with Gasteiger partial charge in [-0.05, 0) is 25.1 Å². The van der Waals surface area contributed by atoms with Gasteiger partial charge >= 0.3 is 0 Å². The summed E-state index contributed by atoms with van der Waals surface area (Å²) >= 11 is 5.81. The average molecular weight is 198 g/mol. The fraction of sp³-hybridized carbons (Fsp3) is 0.200. The summed E-state index contributed by atoms with van der Waals surface area (Å²) in [7, 11) is 0. The first-order valence-electron chi connectivity index (χ1n) is 4.02. The molecule has 1 aromatic rings. The first-order valence-corrected chi connectivity index (χ1v) is 4.40. The number of anilines is 1. The normalized spacial score (nSPS) is 9.69. The Morgan fingerprint density at radius 1 is 1.62 bits per heavy atom. The summed E-state index contributed by atoms with van der Waals surface area (Å²) in [6.07, 6.45) is 0. The van der Waals surface area contributed by atoms with Gasteiger partial charge in [0, 0.05) is 16.3 Å².